The van der Waals surface area contributed by atoms with Gasteiger partial charge in [-0.1, -0.05) is 0 Å². The number of rotatable bonds is 2. The molecule has 3 rings (SSSR count). The Kier molecular flexibility index (Phi) is 1.87. The Morgan fingerprint density at radius 1 is 1.41 bits per heavy atom. The first kappa shape index (κ1) is 9.46. The molecule has 0 spiro atoms. The molecule has 8 heteroatoms. The van der Waals surface area contributed by atoms with Gasteiger partial charge in [0.1, 0.15) is 17.4 Å². The molecule has 0 aliphatic heterocycles. The molecule has 0 fully saturated rings. The van der Waals surface area contributed by atoms with Gasteiger partial charge in [0.25, 0.3) is 0 Å². The number of hydrogen-bond donors (Lipinski definition) is 2. The Labute approximate surface area is 94.0 Å². The lowest BCUT2D eigenvalue weighted by Gasteiger charge is -2.02. The minimum atomic E-state index is -1.14. The van der Waals surface area contributed by atoms with Gasteiger partial charge in [-0.05, 0) is 0 Å². The highest BCUT2D eigenvalue weighted by Gasteiger charge is 2.15. The predicted molar refractivity (Wildman–Crippen MR) is 55.8 cm³/mol. The molecule has 0 aliphatic rings. The Morgan fingerprint density at radius 2 is 2.29 bits per heavy atom. The van der Waals surface area contributed by atoms with Crippen molar-refractivity contribution in [2.45, 2.75) is 0 Å². The summed E-state index contributed by atoms with van der Waals surface area (Å²) in [6, 6.07) is 0. The van der Waals surface area contributed by atoms with Crippen molar-refractivity contribution in [1.29, 1.82) is 0 Å². The molecule has 0 atom stereocenters. The molecule has 3 heterocycles. The molecule has 0 bridgehead atoms. The Hall–Kier alpha value is -2.77. The molecule has 3 aromatic rings. The Balaban J connectivity index is 2.31. The maximum atomic E-state index is 11.1. The third-order valence-corrected chi connectivity index (χ3v) is 2.23. The Morgan fingerprint density at radius 3 is 3.00 bits per heavy atom. The van der Waals surface area contributed by atoms with Crippen LogP contribution in [0.5, 0.6) is 0 Å². The molecule has 84 valence electrons. The number of nitrogens with one attached hydrogen (secondary N) is 1. The number of aromatic carboxylic acids is 1. The highest BCUT2D eigenvalue weighted by Crippen LogP contribution is 2.14. The van der Waals surface area contributed by atoms with E-state index in [-0.39, 0.29) is 11.6 Å². The monoisotopic (exact) mass is 230 g/mol. The average Bonchev–Trinajstić information content (AvgIpc) is 2.98. The van der Waals surface area contributed by atoms with Crippen molar-refractivity contribution in [3.63, 3.8) is 0 Å². The van der Waals surface area contributed by atoms with Crippen LogP contribution in [0.15, 0.2) is 24.9 Å². The van der Waals surface area contributed by atoms with Crippen LogP contribution < -0.4 is 0 Å². The zero-order chi connectivity index (χ0) is 11.8. The molecule has 3 aromatic heterocycles. The number of H-pyrrole nitrogens is 1. The van der Waals surface area contributed by atoms with Crippen molar-refractivity contribution in [3.8, 4) is 5.95 Å². The van der Waals surface area contributed by atoms with Crippen molar-refractivity contribution in [2.75, 3.05) is 0 Å². The molecule has 8 nitrogen and oxygen atoms in total. The van der Waals surface area contributed by atoms with Gasteiger partial charge in [-0.15, -0.1) is 0 Å². The van der Waals surface area contributed by atoms with Gasteiger partial charge in [-0.25, -0.2) is 19.7 Å². The van der Waals surface area contributed by atoms with Crippen LogP contribution in [-0.2, 0) is 0 Å². The van der Waals surface area contributed by atoms with Crippen LogP contribution >= 0.6 is 0 Å². The first-order valence-corrected chi connectivity index (χ1v) is 4.68. The summed E-state index contributed by atoms with van der Waals surface area (Å²) < 4.78 is 1.53. The lowest BCUT2D eigenvalue weighted by Crippen LogP contribution is -2.07. The molecule has 17 heavy (non-hydrogen) atoms. The number of carbonyl (C=O) groups is 1. The quantitative estimate of drug-likeness (QED) is 0.652. The van der Waals surface area contributed by atoms with Gasteiger partial charge < -0.3 is 5.11 Å². The maximum Gasteiger partial charge on any atom is 0.356 e. The van der Waals surface area contributed by atoms with E-state index in [0.29, 0.717) is 11.0 Å². The van der Waals surface area contributed by atoms with E-state index in [1.807, 2.05) is 0 Å². The van der Waals surface area contributed by atoms with E-state index in [4.69, 9.17) is 5.11 Å². The summed E-state index contributed by atoms with van der Waals surface area (Å²) in [5, 5.41) is 15.4. The van der Waals surface area contributed by atoms with Gasteiger partial charge in [-0.3, -0.25) is 9.67 Å². The fraction of sp³-hybridized carbons (Fsp3) is 0. The first-order chi connectivity index (χ1) is 8.25. The molecule has 0 aliphatic carbocycles. The van der Waals surface area contributed by atoms with Crippen molar-refractivity contribution in [1.82, 2.24) is 29.7 Å². The van der Waals surface area contributed by atoms with Crippen molar-refractivity contribution in [2.24, 2.45) is 0 Å². The Bertz CT molecular complexity index is 687. The maximum absolute atomic E-state index is 11.1. The van der Waals surface area contributed by atoms with E-state index in [0.717, 1.165) is 0 Å². The van der Waals surface area contributed by atoms with Crippen LogP contribution in [0.3, 0.4) is 0 Å². The molecule has 0 saturated carbocycles. The minimum absolute atomic E-state index is 0.115. The predicted octanol–water partition coefficient (Wildman–Crippen LogP) is 0.237. The van der Waals surface area contributed by atoms with Crippen molar-refractivity contribution >= 4 is 17.0 Å². The van der Waals surface area contributed by atoms with Gasteiger partial charge in [0.2, 0.25) is 5.95 Å². The van der Waals surface area contributed by atoms with Gasteiger partial charge in [-0.2, -0.15) is 5.10 Å². The summed E-state index contributed by atoms with van der Waals surface area (Å²) in [5.74, 6) is -0.892. The van der Waals surface area contributed by atoms with E-state index >= 15 is 0 Å². The van der Waals surface area contributed by atoms with Gasteiger partial charge in [0.15, 0.2) is 5.69 Å². The normalized spacial score (nSPS) is 10.8. The van der Waals surface area contributed by atoms with Crippen molar-refractivity contribution in [3.05, 3.63) is 30.6 Å². The zero-order valence-corrected chi connectivity index (χ0v) is 8.40. The van der Waals surface area contributed by atoms with Gasteiger partial charge in [0.05, 0.1) is 6.20 Å². The van der Waals surface area contributed by atoms with Gasteiger partial charge in [0, 0.05) is 12.4 Å². The number of aromatic amines is 1. The SMILES string of the molecule is O=C(O)c1nc(-n2ccnc2)nc2cn[nH]c12. The second-order valence-electron chi connectivity index (χ2n) is 3.28. The molecule has 2 N–H and O–H groups in total. The number of nitrogens with zero attached hydrogens (tertiary/aromatic N) is 5. The van der Waals surface area contributed by atoms with E-state index in [1.165, 1.54) is 17.1 Å². The van der Waals surface area contributed by atoms with Crippen LogP contribution in [-0.4, -0.2) is 40.8 Å². The minimum Gasteiger partial charge on any atom is -0.476 e. The number of hydrogen-bond acceptors (Lipinski definition) is 5. The fourth-order valence-electron chi connectivity index (χ4n) is 1.48. The smallest absolute Gasteiger partial charge is 0.356 e. The van der Waals surface area contributed by atoms with Crippen LogP contribution in [0.1, 0.15) is 10.5 Å². The summed E-state index contributed by atoms with van der Waals surface area (Å²) in [7, 11) is 0. The lowest BCUT2D eigenvalue weighted by molar-refractivity contribution is 0.0692. The molecule has 0 amide bonds. The zero-order valence-electron chi connectivity index (χ0n) is 8.40. The topological polar surface area (TPSA) is 110 Å². The highest BCUT2D eigenvalue weighted by atomic mass is 16.4. The molecule has 0 aromatic carbocycles. The molecule has 0 unspecified atom stereocenters. The first-order valence-electron chi connectivity index (χ1n) is 4.68. The third-order valence-electron chi connectivity index (χ3n) is 2.23. The van der Waals surface area contributed by atoms with Crippen LogP contribution in [0.4, 0.5) is 0 Å². The lowest BCUT2D eigenvalue weighted by atomic mass is 10.3. The summed E-state index contributed by atoms with van der Waals surface area (Å²) in [6.07, 6.45) is 6.13. The summed E-state index contributed by atoms with van der Waals surface area (Å²) in [4.78, 5) is 23.1. The standard InChI is InChI=1S/C9H6N6O2/c16-8(17)7-6-5(3-11-14-6)12-9(13-7)15-2-1-10-4-15/h1-4H,(H,11,14)(H,16,17). The summed E-state index contributed by atoms with van der Waals surface area (Å²) >= 11 is 0. The van der Waals surface area contributed by atoms with Crippen LogP contribution in [0.2, 0.25) is 0 Å². The number of carboxylic acid groups (broad SMARTS) is 1. The molecular formula is C9H6N6O2. The molecule has 0 saturated heterocycles. The van der Waals surface area contributed by atoms with E-state index in [1.54, 1.807) is 12.4 Å². The van der Waals surface area contributed by atoms with E-state index in [2.05, 4.69) is 25.1 Å². The molecular weight excluding hydrogens is 224 g/mol. The second kappa shape index (κ2) is 3.37. The van der Waals surface area contributed by atoms with Gasteiger partial charge >= 0.3 is 5.97 Å². The number of imidazole rings is 1. The average molecular weight is 230 g/mol. The van der Waals surface area contributed by atoms with E-state index < -0.39 is 5.97 Å². The number of fused-ring (bicyclic) bond motifs is 1. The van der Waals surface area contributed by atoms with Crippen LogP contribution in [0.25, 0.3) is 17.0 Å². The second-order valence-corrected chi connectivity index (χ2v) is 3.28. The van der Waals surface area contributed by atoms with E-state index in [9.17, 15) is 4.79 Å². The summed E-state index contributed by atoms with van der Waals surface area (Å²) in [6.45, 7) is 0. The largest absolute Gasteiger partial charge is 0.476 e. The fourth-order valence-corrected chi connectivity index (χ4v) is 1.48. The number of carboxylic acids is 1. The third kappa shape index (κ3) is 1.42. The highest BCUT2D eigenvalue weighted by molar-refractivity contribution is 5.98. The number of aromatic nitrogens is 6. The molecule has 0 radical (unpaired) electrons. The van der Waals surface area contributed by atoms with Crippen molar-refractivity contribution < 1.29 is 9.90 Å². The van der Waals surface area contributed by atoms with Crippen LogP contribution in [0, 0.1) is 0 Å². The summed E-state index contributed by atoms with van der Waals surface area (Å²) in [5.41, 5.74) is 0.638.